The molecule has 1 saturated heterocycles. The zero-order chi connectivity index (χ0) is 27.8. The van der Waals surface area contributed by atoms with Crippen LogP contribution in [0.2, 0.25) is 0 Å². The van der Waals surface area contributed by atoms with Gasteiger partial charge in [-0.25, -0.2) is 14.8 Å². The number of carbonyl (C=O) groups is 2. The molecule has 4 rings (SSSR count). The van der Waals surface area contributed by atoms with E-state index >= 15 is 0 Å². The van der Waals surface area contributed by atoms with Crippen molar-refractivity contribution in [2.75, 3.05) is 13.7 Å². The Bertz CT molecular complexity index is 1240. The molecule has 10 nitrogen and oxygen atoms in total. The Morgan fingerprint density at radius 2 is 1.97 bits per heavy atom. The maximum Gasteiger partial charge on any atom is 0.422 e. The molecule has 11 heteroatoms. The largest absolute Gasteiger partial charge is 0.496 e. The number of thioether (sulfide) groups is 1. The maximum atomic E-state index is 12.4. The van der Waals surface area contributed by atoms with Crippen LogP contribution in [0.25, 0.3) is 10.9 Å². The highest BCUT2D eigenvalue weighted by atomic mass is 32.2. The van der Waals surface area contributed by atoms with Gasteiger partial charge in [-0.3, -0.25) is 10.2 Å². The number of hydrogen-bond acceptors (Lipinski definition) is 9. The van der Waals surface area contributed by atoms with E-state index in [9.17, 15) is 14.7 Å². The van der Waals surface area contributed by atoms with E-state index in [2.05, 4.69) is 35.8 Å². The van der Waals surface area contributed by atoms with Crippen molar-refractivity contribution in [1.29, 1.82) is 0 Å². The van der Waals surface area contributed by atoms with Gasteiger partial charge >= 0.3 is 12.1 Å². The van der Waals surface area contributed by atoms with Gasteiger partial charge in [-0.1, -0.05) is 0 Å². The molecule has 38 heavy (non-hydrogen) atoms. The first-order valence-electron chi connectivity index (χ1n) is 12.6. The second-order valence-corrected chi connectivity index (χ2v) is 11.7. The Morgan fingerprint density at radius 3 is 2.61 bits per heavy atom. The van der Waals surface area contributed by atoms with E-state index in [1.54, 1.807) is 39.6 Å². The number of aromatic nitrogens is 1. The van der Waals surface area contributed by atoms with Crippen molar-refractivity contribution in [3.63, 3.8) is 0 Å². The molecular formula is C27H36N4O6S. The van der Waals surface area contributed by atoms with Crippen LogP contribution in [-0.4, -0.2) is 69.5 Å². The first kappa shape index (κ1) is 27.8. The number of rotatable bonds is 7. The van der Waals surface area contributed by atoms with Crippen LogP contribution >= 0.6 is 11.8 Å². The molecule has 0 saturated carbocycles. The monoisotopic (exact) mass is 544 g/mol. The summed E-state index contributed by atoms with van der Waals surface area (Å²) < 4.78 is 17.3. The molecule has 3 heterocycles. The van der Waals surface area contributed by atoms with Gasteiger partial charge in [0.2, 0.25) is 0 Å². The Kier molecular flexibility index (Phi) is 7.98. The summed E-state index contributed by atoms with van der Waals surface area (Å²) in [6.45, 7) is 11.7. The number of methoxy groups -OCH3 is 1. The van der Waals surface area contributed by atoms with Gasteiger partial charge in [0.1, 0.15) is 34.6 Å². The summed E-state index contributed by atoms with van der Waals surface area (Å²) in [6.07, 6.45) is 1.07. The highest BCUT2D eigenvalue weighted by Crippen LogP contribution is 2.43. The van der Waals surface area contributed by atoms with Crippen LogP contribution < -0.4 is 14.9 Å². The molecule has 2 N–H and O–H groups in total. The van der Waals surface area contributed by atoms with E-state index in [1.807, 2.05) is 25.1 Å². The number of carboxylic acids is 1. The van der Waals surface area contributed by atoms with Gasteiger partial charge in [0.25, 0.3) is 0 Å². The molecule has 1 amide bonds. The summed E-state index contributed by atoms with van der Waals surface area (Å²) in [4.78, 5) is 31.6. The summed E-state index contributed by atoms with van der Waals surface area (Å²) in [6, 6.07) is 5.05. The molecular weight excluding hydrogens is 508 g/mol. The zero-order valence-corrected chi connectivity index (χ0v) is 23.7. The van der Waals surface area contributed by atoms with Gasteiger partial charge in [0, 0.05) is 35.7 Å². The number of nitrogens with one attached hydrogen (secondary N) is 1. The standard InChI is InChI=1S/C27H36N4O6S/c1-15(2)30-10-11-38-24(30)19-13-22(18-8-9-21(35-7)16(3)23(18)28-19)36-17-12-20(25(32)33)31(14-17)29-26(34)37-27(4,5)6/h8-11,13,15,17,20,24H,12,14H2,1-7H3,(H,29,34)(H,32,33)/t17?,20-,24?/m0/s1. The maximum absolute atomic E-state index is 12.4. The molecule has 2 aromatic rings. The predicted molar refractivity (Wildman–Crippen MR) is 146 cm³/mol. The second-order valence-electron chi connectivity index (χ2n) is 10.7. The molecule has 0 spiro atoms. The van der Waals surface area contributed by atoms with Gasteiger partial charge in [-0.15, -0.1) is 11.8 Å². The van der Waals surface area contributed by atoms with Crippen LogP contribution in [-0.2, 0) is 9.53 Å². The number of benzene rings is 1. The number of fused-ring (bicyclic) bond motifs is 1. The molecule has 2 unspecified atom stereocenters. The summed E-state index contributed by atoms with van der Waals surface area (Å²) >= 11 is 1.67. The number of aryl methyl sites for hydroxylation is 1. The Hall–Kier alpha value is -3.18. The fraction of sp³-hybridized carbons (Fsp3) is 0.519. The summed E-state index contributed by atoms with van der Waals surface area (Å²) in [5, 5.41) is 14.0. The number of carbonyl (C=O) groups excluding carboxylic acids is 1. The number of carboxylic acid groups (broad SMARTS) is 1. The van der Waals surface area contributed by atoms with Gasteiger partial charge < -0.3 is 24.2 Å². The van der Waals surface area contributed by atoms with Gasteiger partial charge in [0.05, 0.1) is 24.9 Å². The number of amides is 1. The zero-order valence-electron chi connectivity index (χ0n) is 22.8. The molecule has 0 bridgehead atoms. The summed E-state index contributed by atoms with van der Waals surface area (Å²) in [5.41, 5.74) is 4.38. The quantitative estimate of drug-likeness (QED) is 0.503. The molecule has 0 aliphatic carbocycles. The minimum atomic E-state index is -1.05. The third-order valence-corrected chi connectivity index (χ3v) is 7.44. The lowest BCUT2D eigenvalue weighted by molar-refractivity contribution is -0.143. The SMILES string of the molecule is COc1ccc2c(OC3C[C@@H](C(=O)O)N(NC(=O)OC(C)(C)C)C3)cc(C3SC=CN3C(C)C)nc2c1C. The Labute approximate surface area is 227 Å². The average molecular weight is 545 g/mol. The Morgan fingerprint density at radius 1 is 1.24 bits per heavy atom. The number of nitrogens with zero attached hydrogens (tertiary/aromatic N) is 3. The smallest absolute Gasteiger partial charge is 0.422 e. The van der Waals surface area contributed by atoms with Crippen LogP contribution in [0.3, 0.4) is 0 Å². The van der Waals surface area contributed by atoms with E-state index in [4.69, 9.17) is 19.2 Å². The van der Waals surface area contributed by atoms with Crippen LogP contribution in [0.15, 0.2) is 29.8 Å². The number of pyridine rings is 1. The fourth-order valence-corrected chi connectivity index (χ4v) is 5.75. The van der Waals surface area contributed by atoms with Crippen molar-refractivity contribution >= 4 is 34.7 Å². The van der Waals surface area contributed by atoms with Gasteiger partial charge in [-0.05, 0) is 59.1 Å². The highest BCUT2D eigenvalue weighted by molar-refractivity contribution is 8.02. The molecule has 1 fully saturated rings. The number of ether oxygens (including phenoxy) is 3. The van der Waals surface area contributed by atoms with Crippen molar-refractivity contribution in [2.24, 2.45) is 0 Å². The van der Waals surface area contributed by atoms with Crippen molar-refractivity contribution < 1.29 is 28.9 Å². The number of aliphatic carboxylic acids is 1. The van der Waals surface area contributed by atoms with Crippen molar-refractivity contribution in [3.05, 3.63) is 41.1 Å². The lowest BCUT2D eigenvalue weighted by atomic mass is 10.1. The molecule has 1 aromatic carbocycles. The van der Waals surface area contributed by atoms with Crippen molar-refractivity contribution in [3.8, 4) is 11.5 Å². The molecule has 206 valence electrons. The normalized spacial score (nSPS) is 21.8. The molecule has 1 aromatic heterocycles. The third kappa shape index (κ3) is 5.94. The fourth-order valence-electron chi connectivity index (χ4n) is 4.68. The molecule has 2 aliphatic heterocycles. The molecule has 3 atom stereocenters. The van der Waals surface area contributed by atoms with Crippen LogP contribution in [0.5, 0.6) is 11.5 Å². The van der Waals surface area contributed by atoms with Crippen LogP contribution in [0, 0.1) is 6.92 Å². The van der Waals surface area contributed by atoms with E-state index in [-0.39, 0.29) is 24.4 Å². The average Bonchev–Trinajstić information content (AvgIpc) is 3.46. The predicted octanol–water partition coefficient (Wildman–Crippen LogP) is 4.82. The van der Waals surface area contributed by atoms with Gasteiger partial charge in [0.15, 0.2) is 0 Å². The molecule has 2 aliphatic rings. The molecule has 0 radical (unpaired) electrons. The third-order valence-electron chi connectivity index (χ3n) is 6.42. The second kappa shape index (κ2) is 10.9. The number of hydrazine groups is 1. The Balaban J connectivity index is 1.66. The first-order chi connectivity index (χ1) is 17.9. The first-order valence-corrected chi connectivity index (χ1v) is 13.6. The lowest BCUT2D eigenvalue weighted by Crippen LogP contribution is -2.50. The van der Waals surface area contributed by atoms with Crippen LogP contribution in [0.4, 0.5) is 4.79 Å². The van der Waals surface area contributed by atoms with Crippen molar-refractivity contribution in [1.82, 2.24) is 20.3 Å². The van der Waals surface area contributed by atoms with E-state index in [0.717, 1.165) is 27.9 Å². The van der Waals surface area contributed by atoms with E-state index in [1.165, 1.54) is 5.01 Å². The van der Waals surface area contributed by atoms with Crippen LogP contribution in [0.1, 0.15) is 57.7 Å². The van der Waals surface area contributed by atoms with Crippen molar-refractivity contribution in [2.45, 2.75) is 77.1 Å². The number of hydrogen-bond donors (Lipinski definition) is 2. The summed E-state index contributed by atoms with van der Waals surface area (Å²) in [5.74, 6) is 0.291. The highest BCUT2D eigenvalue weighted by Gasteiger charge is 2.40. The van der Waals surface area contributed by atoms with E-state index < -0.39 is 29.8 Å². The van der Waals surface area contributed by atoms with Gasteiger partial charge in [-0.2, -0.15) is 0 Å². The lowest BCUT2D eigenvalue weighted by Gasteiger charge is -2.29. The summed E-state index contributed by atoms with van der Waals surface area (Å²) in [7, 11) is 1.63. The van der Waals surface area contributed by atoms with E-state index in [0.29, 0.717) is 5.75 Å². The minimum Gasteiger partial charge on any atom is -0.496 e. The topological polar surface area (TPSA) is 113 Å². The minimum absolute atomic E-state index is 0.0203.